The molecule has 4 rings (SSSR count). The predicted octanol–water partition coefficient (Wildman–Crippen LogP) is 2.74. The van der Waals surface area contributed by atoms with Crippen molar-refractivity contribution in [2.75, 3.05) is 0 Å². The van der Waals surface area contributed by atoms with E-state index < -0.39 is 0 Å². The van der Waals surface area contributed by atoms with Crippen LogP contribution in [0.1, 0.15) is 34.6 Å². The molecule has 3 unspecified atom stereocenters. The second-order valence-electron chi connectivity index (χ2n) is 6.22. The maximum absolute atomic E-state index is 12.4. The van der Waals surface area contributed by atoms with Gasteiger partial charge in [-0.3, -0.25) is 9.78 Å². The number of aromatic nitrogens is 1. The van der Waals surface area contributed by atoms with Crippen molar-refractivity contribution in [2.45, 2.75) is 44.3 Å². The van der Waals surface area contributed by atoms with Crippen molar-refractivity contribution >= 4 is 17.2 Å². The van der Waals surface area contributed by atoms with Gasteiger partial charge in [0.2, 0.25) is 0 Å². The molecule has 5 heteroatoms. The van der Waals surface area contributed by atoms with E-state index in [9.17, 15) is 4.79 Å². The van der Waals surface area contributed by atoms with Crippen molar-refractivity contribution in [3.63, 3.8) is 0 Å². The molecule has 2 aliphatic heterocycles. The van der Waals surface area contributed by atoms with Crippen molar-refractivity contribution in [2.24, 2.45) is 0 Å². The topological polar surface area (TPSA) is 54.0 Å². The van der Waals surface area contributed by atoms with Gasteiger partial charge in [-0.15, -0.1) is 11.3 Å². The molecule has 3 atom stereocenters. The number of fused-ring (bicyclic) bond motifs is 2. The molecule has 2 aromatic rings. The minimum Gasteiger partial charge on any atom is -0.347 e. The van der Waals surface area contributed by atoms with Crippen molar-refractivity contribution in [1.82, 2.24) is 15.6 Å². The Bertz CT molecular complexity index is 694. The average Bonchev–Trinajstić information content (AvgIpc) is 3.24. The summed E-state index contributed by atoms with van der Waals surface area (Å²) in [5.74, 6) is 0.0515. The summed E-state index contributed by atoms with van der Waals surface area (Å²) < 4.78 is 0. The van der Waals surface area contributed by atoms with Crippen molar-refractivity contribution in [3.05, 3.63) is 41.0 Å². The molecule has 0 aliphatic carbocycles. The smallest absolute Gasteiger partial charge is 0.261 e. The van der Waals surface area contributed by atoms with Gasteiger partial charge in [-0.2, -0.15) is 0 Å². The van der Waals surface area contributed by atoms with E-state index >= 15 is 0 Å². The highest BCUT2D eigenvalue weighted by atomic mass is 32.1. The molecule has 0 aromatic carbocycles. The third-order valence-electron chi connectivity index (χ3n) is 4.64. The molecule has 0 saturated carbocycles. The van der Waals surface area contributed by atoms with Crippen LogP contribution in [0.15, 0.2) is 30.5 Å². The SMILES string of the molecule is Cc1ccc(-c2ccc(C(=O)NC3CC4CCC3N4)s2)cn1. The van der Waals surface area contributed by atoms with Crippen LogP contribution in [0, 0.1) is 6.92 Å². The van der Waals surface area contributed by atoms with E-state index in [2.05, 4.69) is 21.7 Å². The van der Waals surface area contributed by atoms with Crippen LogP contribution in [0.4, 0.5) is 0 Å². The molecular formula is C17H19N3OS. The summed E-state index contributed by atoms with van der Waals surface area (Å²) in [6, 6.07) is 9.33. The maximum atomic E-state index is 12.4. The fourth-order valence-corrected chi connectivity index (χ4v) is 4.35. The molecular weight excluding hydrogens is 294 g/mol. The van der Waals surface area contributed by atoms with Gasteiger partial charge in [-0.25, -0.2) is 0 Å². The Labute approximate surface area is 134 Å². The summed E-state index contributed by atoms with van der Waals surface area (Å²) in [6.07, 6.45) is 5.36. The lowest BCUT2D eigenvalue weighted by Gasteiger charge is -2.20. The van der Waals surface area contributed by atoms with E-state index in [1.54, 1.807) is 0 Å². The Kier molecular flexibility index (Phi) is 3.47. The number of amides is 1. The second kappa shape index (κ2) is 5.48. The van der Waals surface area contributed by atoms with Gasteiger partial charge in [0.05, 0.1) is 4.88 Å². The summed E-state index contributed by atoms with van der Waals surface area (Å²) in [5, 5.41) is 6.75. The van der Waals surface area contributed by atoms with Crippen molar-refractivity contribution in [3.8, 4) is 10.4 Å². The highest BCUT2D eigenvalue weighted by Crippen LogP contribution is 2.30. The summed E-state index contributed by atoms with van der Waals surface area (Å²) in [6.45, 7) is 1.97. The Morgan fingerprint density at radius 1 is 1.32 bits per heavy atom. The standard InChI is InChI=1S/C17H19N3OS/c1-10-2-3-11(9-18-10)15-6-7-16(22-15)17(21)20-14-8-12-4-5-13(14)19-12/h2-3,6-7,9,12-14,19H,4-5,8H2,1H3,(H,20,21). The zero-order valence-electron chi connectivity index (χ0n) is 12.5. The molecule has 2 N–H and O–H groups in total. The van der Waals surface area contributed by atoms with Gasteiger partial charge in [-0.1, -0.05) is 6.07 Å². The van der Waals surface area contributed by atoms with E-state index in [0.29, 0.717) is 12.1 Å². The first kappa shape index (κ1) is 13.9. The number of nitrogens with one attached hydrogen (secondary N) is 2. The molecule has 2 saturated heterocycles. The third kappa shape index (κ3) is 2.55. The number of pyridine rings is 1. The number of rotatable bonds is 3. The molecule has 2 aromatic heterocycles. The van der Waals surface area contributed by atoms with Gasteiger partial charge >= 0.3 is 0 Å². The third-order valence-corrected chi connectivity index (χ3v) is 5.78. The summed E-state index contributed by atoms with van der Waals surface area (Å²) in [4.78, 5) is 18.6. The van der Waals surface area contributed by atoms with Crippen LogP contribution in [0.2, 0.25) is 0 Å². The zero-order valence-corrected chi connectivity index (χ0v) is 13.3. The van der Waals surface area contributed by atoms with Gasteiger partial charge in [0.15, 0.2) is 0 Å². The Morgan fingerprint density at radius 2 is 2.23 bits per heavy atom. The summed E-state index contributed by atoms with van der Waals surface area (Å²) in [7, 11) is 0. The minimum atomic E-state index is 0.0515. The van der Waals surface area contributed by atoms with Gasteiger partial charge in [0, 0.05) is 40.5 Å². The van der Waals surface area contributed by atoms with Gasteiger partial charge in [0.1, 0.15) is 0 Å². The van der Waals surface area contributed by atoms with Crippen LogP contribution in [0.5, 0.6) is 0 Å². The molecule has 2 fully saturated rings. The molecule has 2 bridgehead atoms. The average molecular weight is 313 g/mol. The maximum Gasteiger partial charge on any atom is 0.261 e. The number of hydrogen-bond acceptors (Lipinski definition) is 4. The van der Waals surface area contributed by atoms with Crippen LogP contribution in [0.25, 0.3) is 10.4 Å². The normalized spacial score (nSPS) is 26.3. The first-order chi connectivity index (χ1) is 10.7. The Balaban J connectivity index is 1.46. The molecule has 4 heterocycles. The van der Waals surface area contributed by atoms with Crippen LogP contribution in [-0.2, 0) is 0 Å². The predicted molar refractivity (Wildman–Crippen MR) is 88.1 cm³/mol. The van der Waals surface area contributed by atoms with Gasteiger partial charge in [-0.05, 0) is 44.4 Å². The molecule has 1 amide bonds. The number of carbonyl (C=O) groups excluding carboxylic acids is 1. The molecule has 22 heavy (non-hydrogen) atoms. The largest absolute Gasteiger partial charge is 0.347 e. The summed E-state index contributed by atoms with van der Waals surface area (Å²) in [5.41, 5.74) is 2.07. The lowest BCUT2D eigenvalue weighted by Crippen LogP contribution is -2.42. The molecule has 4 nitrogen and oxygen atoms in total. The van der Waals surface area contributed by atoms with Crippen LogP contribution in [0.3, 0.4) is 0 Å². The molecule has 0 spiro atoms. The number of carbonyl (C=O) groups is 1. The van der Waals surface area contributed by atoms with E-state index in [-0.39, 0.29) is 11.9 Å². The Morgan fingerprint density at radius 3 is 2.91 bits per heavy atom. The number of nitrogens with zero attached hydrogens (tertiary/aromatic N) is 1. The molecule has 114 valence electrons. The minimum absolute atomic E-state index is 0.0515. The highest BCUT2D eigenvalue weighted by molar-refractivity contribution is 7.17. The fraction of sp³-hybridized carbons (Fsp3) is 0.412. The van der Waals surface area contributed by atoms with Crippen molar-refractivity contribution < 1.29 is 4.79 Å². The lowest BCUT2D eigenvalue weighted by atomic mass is 9.95. The summed E-state index contributed by atoms with van der Waals surface area (Å²) >= 11 is 1.53. The first-order valence-corrected chi connectivity index (χ1v) is 8.60. The van der Waals surface area contributed by atoms with E-state index in [0.717, 1.165) is 27.4 Å². The number of hydrogen-bond donors (Lipinski definition) is 2. The lowest BCUT2D eigenvalue weighted by molar-refractivity contribution is 0.0935. The van der Waals surface area contributed by atoms with E-state index in [1.807, 2.05) is 31.3 Å². The van der Waals surface area contributed by atoms with E-state index in [4.69, 9.17) is 0 Å². The second-order valence-corrected chi connectivity index (χ2v) is 7.30. The Hall–Kier alpha value is -1.72. The quantitative estimate of drug-likeness (QED) is 0.916. The molecule has 0 radical (unpaired) electrons. The number of aryl methyl sites for hydroxylation is 1. The van der Waals surface area contributed by atoms with Crippen molar-refractivity contribution in [1.29, 1.82) is 0 Å². The van der Waals surface area contributed by atoms with Crippen LogP contribution < -0.4 is 10.6 Å². The first-order valence-electron chi connectivity index (χ1n) is 7.79. The monoisotopic (exact) mass is 313 g/mol. The van der Waals surface area contributed by atoms with Crippen LogP contribution >= 0.6 is 11.3 Å². The highest BCUT2D eigenvalue weighted by Gasteiger charge is 2.39. The fourth-order valence-electron chi connectivity index (χ4n) is 3.45. The van der Waals surface area contributed by atoms with Gasteiger partial charge < -0.3 is 10.6 Å². The van der Waals surface area contributed by atoms with E-state index in [1.165, 1.54) is 24.2 Å². The number of thiophene rings is 1. The zero-order chi connectivity index (χ0) is 15.1. The molecule has 2 aliphatic rings. The van der Waals surface area contributed by atoms with Crippen LogP contribution in [-0.4, -0.2) is 29.0 Å². The van der Waals surface area contributed by atoms with Gasteiger partial charge in [0.25, 0.3) is 5.91 Å².